The third-order valence-electron chi connectivity index (χ3n) is 5.83. The van der Waals surface area contributed by atoms with Gasteiger partial charge in [0.15, 0.2) is 5.82 Å². The Bertz CT molecular complexity index is 1450. The van der Waals surface area contributed by atoms with Crippen molar-refractivity contribution in [2.24, 2.45) is 0 Å². The molecule has 0 radical (unpaired) electrons. The van der Waals surface area contributed by atoms with Gasteiger partial charge < -0.3 is 14.0 Å². The van der Waals surface area contributed by atoms with Crippen molar-refractivity contribution in [3.05, 3.63) is 59.7 Å². The molecule has 5 rings (SSSR count). The normalized spacial score (nSPS) is 14.5. The number of nitrogens with zero attached hydrogens (tertiary/aromatic N) is 6. The summed E-state index contributed by atoms with van der Waals surface area (Å²) < 4.78 is 7.54. The van der Waals surface area contributed by atoms with E-state index in [0.717, 1.165) is 45.5 Å². The molecule has 1 aliphatic heterocycles. The Kier molecular flexibility index (Phi) is 5.31. The number of hydrogen-bond donors (Lipinski definition) is 0. The maximum absolute atomic E-state index is 12.3. The molecule has 174 valence electrons. The number of carbonyl (C=O) groups excluding carboxylic acids is 1. The van der Waals surface area contributed by atoms with Crippen LogP contribution in [0.25, 0.3) is 33.5 Å². The van der Waals surface area contributed by atoms with E-state index >= 15 is 0 Å². The zero-order valence-corrected chi connectivity index (χ0v) is 20.2. The second-order valence-corrected chi connectivity index (χ2v) is 9.73. The summed E-state index contributed by atoms with van der Waals surface area (Å²) in [5.74, 6) is 0.589. The minimum atomic E-state index is -0.494. The van der Waals surface area contributed by atoms with Crippen molar-refractivity contribution in [3.63, 3.8) is 0 Å². The van der Waals surface area contributed by atoms with Crippen molar-refractivity contribution < 1.29 is 9.53 Å². The quantitative estimate of drug-likeness (QED) is 0.423. The SMILES string of the molecule is Cc1cn2cc(-c3nnc4cc(C5=CCN(C(=O)OC(C)(C)C)CC5)ccc4n3)cc2c(C)n1. The highest BCUT2D eigenvalue weighted by Gasteiger charge is 2.24. The molecular weight excluding hydrogens is 428 g/mol. The van der Waals surface area contributed by atoms with Gasteiger partial charge in [-0.3, -0.25) is 4.98 Å². The van der Waals surface area contributed by atoms with E-state index < -0.39 is 5.60 Å². The van der Waals surface area contributed by atoms with E-state index in [2.05, 4.69) is 31.7 Å². The first kappa shape index (κ1) is 22.0. The van der Waals surface area contributed by atoms with Crippen LogP contribution in [0.4, 0.5) is 4.79 Å². The van der Waals surface area contributed by atoms with Crippen molar-refractivity contribution >= 4 is 28.2 Å². The Morgan fingerprint density at radius 3 is 2.56 bits per heavy atom. The number of aryl methyl sites for hydroxylation is 2. The molecule has 1 amide bonds. The van der Waals surface area contributed by atoms with Gasteiger partial charge in [-0.1, -0.05) is 12.1 Å². The molecule has 0 spiro atoms. The van der Waals surface area contributed by atoms with Crippen molar-refractivity contribution in [1.29, 1.82) is 0 Å². The van der Waals surface area contributed by atoms with Gasteiger partial charge in [0.2, 0.25) is 0 Å². The Hall–Kier alpha value is -3.81. The number of rotatable bonds is 2. The zero-order chi connectivity index (χ0) is 24.0. The van der Waals surface area contributed by atoms with Crippen molar-refractivity contribution in [1.82, 2.24) is 29.5 Å². The molecule has 34 heavy (non-hydrogen) atoms. The number of carbonyl (C=O) groups is 1. The monoisotopic (exact) mass is 456 g/mol. The van der Waals surface area contributed by atoms with Gasteiger partial charge in [-0.2, -0.15) is 0 Å². The van der Waals surface area contributed by atoms with E-state index in [-0.39, 0.29) is 6.09 Å². The van der Waals surface area contributed by atoms with Crippen LogP contribution < -0.4 is 0 Å². The van der Waals surface area contributed by atoms with Gasteiger partial charge in [0.1, 0.15) is 11.1 Å². The summed E-state index contributed by atoms with van der Waals surface area (Å²) in [6.45, 7) is 10.8. The second kappa shape index (κ2) is 8.20. The highest BCUT2D eigenvalue weighted by molar-refractivity contribution is 5.82. The molecule has 0 N–H and O–H groups in total. The molecule has 1 aromatic carbocycles. The Labute approximate surface area is 198 Å². The van der Waals surface area contributed by atoms with Crippen molar-refractivity contribution in [2.75, 3.05) is 13.1 Å². The molecule has 1 aliphatic rings. The predicted octanol–water partition coefficient (Wildman–Crippen LogP) is 4.98. The van der Waals surface area contributed by atoms with Crippen LogP contribution in [-0.2, 0) is 4.74 Å². The fourth-order valence-electron chi connectivity index (χ4n) is 4.23. The van der Waals surface area contributed by atoms with Crippen LogP contribution in [0.15, 0.2) is 42.7 Å². The van der Waals surface area contributed by atoms with Crippen LogP contribution in [0.2, 0.25) is 0 Å². The van der Waals surface area contributed by atoms with E-state index in [0.29, 0.717) is 18.9 Å². The number of hydrogen-bond acceptors (Lipinski definition) is 6. The first-order valence-electron chi connectivity index (χ1n) is 11.4. The summed E-state index contributed by atoms with van der Waals surface area (Å²) in [7, 11) is 0. The third kappa shape index (κ3) is 4.35. The molecule has 8 nitrogen and oxygen atoms in total. The lowest BCUT2D eigenvalue weighted by Crippen LogP contribution is -2.39. The predicted molar refractivity (Wildman–Crippen MR) is 131 cm³/mol. The molecule has 3 aromatic heterocycles. The fourth-order valence-corrected chi connectivity index (χ4v) is 4.23. The van der Waals surface area contributed by atoms with Gasteiger partial charge in [0.25, 0.3) is 0 Å². The van der Waals surface area contributed by atoms with E-state index in [1.54, 1.807) is 4.90 Å². The lowest BCUT2D eigenvalue weighted by Gasteiger charge is -2.29. The third-order valence-corrected chi connectivity index (χ3v) is 5.83. The first-order chi connectivity index (χ1) is 16.2. The van der Waals surface area contributed by atoms with E-state index in [1.165, 1.54) is 5.57 Å². The maximum Gasteiger partial charge on any atom is 0.410 e. The summed E-state index contributed by atoms with van der Waals surface area (Å²) in [6, 6.07) is 8.10. The molecule has 4 heterocycles. The topological polar surface area (TPSA) is 85.5 Å². The van der Waals surface area contributed by atoms with Gasteiger partial charge in [0.05, 0.1) is 22.4 Å². The lowest BCUT2D eigenvalue weighted by molar-refractivity contribution is 0.0270. The average Bonchev–Trinajstić information content (AvgIpc) is 3.22. The molecule has 0 saturated carbocycles. The molecule has 0 aliphatic carbocycles. The van der Waals surface area contributed by atoms with Crippen LogP contribution in [0, 0.1) is 13.8 Å². The van der Waals surface area contributed by atoms with Gasteiger partial charge in [0, 0.05) is 31.0 Å². The molecule has 0 fully saturated rings. The number of amides is 1. The summed E-state index contributed by atoms with van der Waals surface area (Å²) in [4.78, 5) is 23.3. The molecule has 0 bridgehead atoms. The highest BCUT2D eigenvalue weighted by atomic mass is 16.6. The highest BCUT2D eigenvalue weighted by Crippen LogP contribution is 2.27. The van der Waals surface area contributed by atoms with Gasteiger partial charge in [-0.05, 0) is 70.4 Å². The number of fused-ring (bicyclic) bond motifs is 2. The molecule has 0 unspecified atom stereocenters. The standard InChI is InChI=1S/C26H28N6O2/c1-16-14-32-15-20(13-23(32)17(2)27-16)24-28-21-7-6-19(12-22(21)29-30-24)18-8-10-31(11-9-18)25(33)34-26(3,4)5/h6-8,12-15H,9-11H2,1-5H3. The van der Waals surface area contributed by atoms with Crippen molar-refractivity contribution in [2.45, 2.75) is 46.6 Å². The number of ether oxygens (including phenoxy) is 1. The average molecular weight is 457 g/mol. The Morgan fingerprint density at radius 2 is 1.82 bits per heavy atom. The van der Waals surface area contributed by atoms with Crippen LogP contribution >= 0.6 is 0 Å². The first-order valence-corrected chi connectivity index (χ1v) is 11.4. The smallest absolute Gasteiger partial charge is 0.410 e. The largest absolute Gasteiger partial charge is 0.444 e. The zero-order valence-electron chi connectivity index (χ0n) is 20.2. The second-order valence-electron chi connectivity index (χ2n) is 9.73. The summed E-state index contributed by atoms with van der Waals surface area (Å²) in [5.41, 5.74) is 7.18. The Balaban J connectivity index is 1.38. The van der Waals surface area contributed by atoms with Crippen LogP contribution in [0.5, 0.6) is 0 Å². The molecular formula is C26H28N6O2. The maximum atomic E-state index is 12.3. The minimum Gasteiger partial charge on any atom is -0.444 e. The van der Waals surface area contributed by atoms with Gasteiger partial charge in [-0.25, -0.2) is 9.78 Å². The molecule has 4 aromatic rings. The van der Waals surface area contributed by atoms with Gasteiger partial charge in [-0.15, -0.1) is 10.2 Å². The number of aromatic nitrogens is 5. The summed E-state index contributed by atoms with van der Waals surface area (Å²) in [5, 5.41) is 8.85. The summed E-state index contributed by atoms with van der Waals surface area (Å²) in [6.07, 6.45) is 6.57. The van der Waals surface area contributed by atoms with Crippen LogP contribution in [0.1, 0.15) is 44.1 Å². The van der Waals surface area contributed by atoms with E-state index in [1.807, 2.05) is 65.2 Å². The molecule has 0 atom stereocenters. The molecule has 0 saturated heterocycles. The van der Waals surface area contributed by atoms with E-state index in [4.69, 9.17) is 9.72 Å². The van der Waals surface area contributed by atoms with Gasteiger partial charge >= 0.3 is 6.09 Å². The number of benzene rings is 1. The fraction of sp³-hybridized carbons (Fsp3) is 0.346. The van der Waals surface area contributed by atoms with Crippen LogP contribution in [0.3, 0.4) is 0 Å². The van der Waals surface area contributed by atoms with E-state index in [9.17, 15) is 4.79 Å². The van der Waals surface area contributed by atoms with Crippen LogP contribution in [-0.4, -0.2) is 54.2 Å². The lowest BCUT2D eigenvalue weighted by atomic mass is 9.99. The summed E-state index contributed by atoms with van der Waals surface area (Å²) >= 11 is 0. The molecule has 8 heteroatoms. The minimum absolute atomic E-state index is 0.275. The van der Waals surface area contributed by atoms with Crippen molar-refractivity contribution in [3.8, 4) is 11.4 Å². The Morgan fingerprint density at radius 1 is 1.00 bits per heavy atom.